The maximum Gasteiger partial charge on any atom is 0.262 e. The lowest BCUT2D eigenvalue weighted by molar-refractivity contribution is -0.144. The highest BCUT2D eigenvalue weighted by molar-refractivity contribution is 7.21. The molecule has 4 heterocycles. The number of benzene rings is 1. The third-order valence-corrected chi connectivity index (χ3v) is 6.07. The van der Waals surface area contributed by atoms with E-state index < -0.39 is 5.60 Å². The van der Waals surface area contributed by atoms with Crippen LogP contribution in [0.5, 0.6) is 0 Å². The normalized spacial score (nSPS) is 19.4. The van der Waals surface area contributed by atoms with Crippen molar-refractivity contribution < 1.29 is 14.4 Å². The molecular weight excluding hydrogens is 392 g/mol. The van der Waals surface area contributed by atoms with Crippen LogP contribution in [0, 0.1) is 0 Å². The summed E-state index contributed by atoms with van der Waals surface area (Å²) in [5.41, 5.74) is 6.96. The number of nitrogens with zero attached hydrogens (tertiary/aromatic N) is 5. The van der Waals surface area contributed by atoms with Crippen LogP contribution in [-0.2, 0) is 10.4 Å². The highest BCUT2D eigenvalue weighted by atomic mass is 32.1. The molecule has 0 unspecified atom stereocenters. The van der Waals surface area contributed by atoms with Gasteiger partial charge in [-0.05, 0) is 6.07 Å². The quantitative estimate of drug-likeness (QED) is 0.526. The summed E-state index contributed by atoms with van der Waals surface area (Å²) in [6.07, 6.45) is 1.69. The van der Waals surface area contributed by atoms with E-state index in [0.29, 0.717) is 28.4 Å². The van der Waals surface area contributed by atoms with Crippen LogP contribution in [0.1, 0.15) is 12.2 Å². The van der Waals surface area contributed by atoms with Crippen molar-refractivity contribution in [1.29, 1.82) is 0 Å². The number of fused-ring (bicyclic) bond motifs is 1. The molecule has 9 nitrogen and oxygen atoms in total. The standard InChI is InChI=1S/C19H16N6O3S/c1-25-6-5-19(27,18(25)26)13-8-12(24-28-13)10-3-2-4-11(7-10)16-23-14-15(20)21-9-22-17(14)29-16/h2-4,7-9,27H,5-6H2,1H3,(H2,20,21,22)/t19-/m1/s1. The Morgan fingerprint density at radius 2 is 2.10 bits per heavy atom. The molecule has 0 aliphatic carbocycles. The molecule has 3 aromatic heterocycles. The Bertz CT molecular complexity index is 1250. The average Bonchev–Trinajstić information content (AvgIpc) is 3.44. The van der Waals surface area contributed by atoms with E-state index in [1.165, 1.54) is 22.6 Å². The number of aromatic nitrogens is 4. The number of nitrogen functional groups attached to an aromatic ring is 1. The SMILES string of the molecule is CN1CC[C@@](O)(c2cc(-c3cccc(-c4nc5c(N)ncnc5s4)c3)no2)C1=O. The van der Waals surface area contributed by atoms with Gasteiger partial charge in [-0.1, -0.05) is 34.7 Å². The summed E-state index contributed by atoms with van der Waals surface area (Å²) >= 11 is 1.42. The Morgan fingerprint density at radius 3 is 2.86 bits per heavy atom. The monoisotopic (exact) mass is 408 g/mol. The number of rotatable bonds is 3. The summed E-state index contributed by atoms with van der Waals surface area (Å²) in [7, 11) is 1.65. The summed E-state index contributed by atoms with van der Waals surface area (Å²) < 4.78 is 5.34. The molecule has 0 saturated carbocycles. The van der Waals surface area contributed by atoms with Gasteiger partial charge in [-0.2, -0.15) is 0 Å². The maximum absolute atomic E-state index is 12.3. The number of anilines is 1. The summed E-state index contributed by atoms with van der Waals surface area (Å²) in [6.45, 7) is 0.463. The van der Waals surface area contributed by atoms with Crippen molar-refractivity contribution in [2.24, 2.45) is 0 Å². The minimum absolute atomic E-state index is 0.148. The van der Waals surface area contributed by atoms with E-state index in [0.717, 1.165) is 16.1 Å². The molecule has 1 fully saturated rings. The van der Waals surface area contributed by atoms with Crippen LogP contribution in [0.3, 0.4) is 0 Å². The number of amides is 1. The molecule has 146 valence electrons. The van der Waals surface area contributed by atoms with Crippen LogP contribution in [0.2, 0.25) is 0 Å². The lowest BCUT2D eigenvalue weighted by Crippen LogP contribution is -2.35. The molecule has 4 aromatic rings. The Morgan fingerprint density at radius 1 is 1.28 bits per heavy atom. The highest BCUT2D eigenvalue weighted by Crippen LogP contribution is 2.36. The van der Waals surface area contributed by atoms with Crippen molar-refractivity contribution in [3.05, 3.63) is 42.4 Å². The van der Waals surface area contributed by atoms with Crippen molar-refractivity contribution >= 4 is 33.4 Å². The van der Waals surface area contributed by atoms with Gasteiger partial charge < -0.3 is 20.3 Å². The number of carbonyl (C=O) groups is 1. The Balaban J connectivity index is 1.51. The van der Waals surface area contributed by atoms with Crippen LogP contribution in [0.25, 0.3) is 32.2 Å². The highest BCUT2D eigenvalue weighted by Gasteiger charge is 2.48. The van der Waals surface area contributed by atoms with Gasteiger partial charge in [-0.3, -0.25) is 4.79 Å². The van der Waals surface area contributed by atoms with E-state index in [-0.39, 0.29) is 18.1 Å². The number of aliphatic hydroxyl groups is 1. The van der Waals surface area contributed by atoms with Gasteiger partial charge in [0.1, 0.15) is 27.4 Å². The Hall–Kier alpha value is -3.37. The first-order chi connectivity index (χ1) is 14.0. The molecular formula is C19H16N6O3S. The summed E-state index contributed by atoms with van der Waals surface area (Å²) in [5, 5.41) is 15.6. The van der Waals surface area contributed by atoms with E-state index in [4.69, 9.17) is 10.3 Å². The Kier molecular flexibility index (Phi) is 3.86. The first-order valence-corrected chi connectivity index (χ1v) is 9.70. The lowest BCUT2D eigenvalue weighted by Gasteiger charge is -2.16. The lowest BCUT2D eigenvalue weighted by atomic mass is 9.98. The fourth-order valence-corrected chi connectivity index (χ4v) is 4.31. The number of likely N-dealkylation sites (N-methyl/N-ethyl adjacent to an activating group) is 1. The van der Waals surface area contributed by atoms with Crippen LogP contribution in [0.15, 0.2) is 41.2 Å². The van der Waals surface area contributed by atoms with Gasteiger partial charge in [-0.15, -0.1) is 0 Å². The average molecular weight is 408 g/mol. The van der Waals surface area contributed by atoms with Crippen LogP contribution in [0.4, 0.5) is 5.82 Å². The van der Waals surface area contributed by atoms with Gasteiger partial charge in [0.15, 0.2) is 11.6 Å². The second kappa shape index (κ2) is 6.33. The van der Waals surface area contributed by atoms with E-state index in [1.807, 2.05) is 24.3 Å². The Labute approximate surface area is 168 Å². The second-order valence-electron chi connectivity index (χ2n) is 6.93. The van der Waals surface area contributed by atoms with Crippen LogP contribution < -0.4 is 5.73 Å². The van der Waals surface area contributed by atoms with Gasteiger partial charge >= 0.3 is 0 Å². The molecule has 1 saturated heterocycles. The number of thiazole rings is 1. The summed E-state index contributed by atoms with van der Waals surface area (Å²) in [4.78, 5) is 27.2. The number of hydrogen-bond acceptors (Lipinski definition) is 9. The molecule has 1 atom stereocenters. The third-order valence-electron chi connectivity index (χ3n) is 5.06. The first kappa shape index (κ1) is 17.7. The zero-order valence-electron chi connectivity index (χ0n) is 15.4. The van der Waals surface area contributed by atoms with Gasteiger partial charge in [0.2, 0.25) is 5.60 Å². The molecule has 5 rings (SSSR count). The maximum atomic E-state index is 12.3. The zero-order chi connectivity index (χ0) is 20.2. The topological polar surface area (TPSA) is 131 Å². The van der Waals surface area contributed by atoms with Crippen molar-refractivity contribution in [2.75, 3.05) is 19.3 Å². The number of likely N-dealkylation sites (tertiary alicyclic amines) is 1. The molecule has 1 aliphatic heterocycles. The third kappa shape index (κ3) is 2.76. The van der Waals surface area contributed by atoms with E-state index in [2.05, 4.69) is 20.1 Å². The molecule has 1 amide bonds. The van der Waals surface area contributed by atoms with E-state index in [9.17, 15) is 9.90 Å². The number of hydrogen-bond donors (Lipinski definition) is 2. The van der Waals surface area contributed by atoms with Crippen LogP contribution >= 0.6 is 11.3 Å². The molecule has 3 N–H and O–H groups in total. The number of nitrogens with two attached hydrogens (primary N) is 1. The van der Waals surface area contributed by atoms with E-state index in [1.54, 1.807) is 13.1 Å². The fourth-order valence-electron chi connectivity index (χ4n) is 3.39. The van der Waals surface area contributed by atoms with Crippen molar-refractivity contribution in [3.8, 4) is 21.8 Å². The minimum Gasteiger partial charge on any atom is -0.382 e. The molecule has 10 heteroatoms. The predicted octanol–water partition coefficient (Wildman–Crippen LogP) is 2.04. The smallest absolute Gasteiger partial charge is 0.262 e. The minimum atomic E-state index is -1.67. The molecule has 0 bridgehead atoms. The molecule has 1 aromatic carbocycles. The fraction of sp³-hybridized carbons (Fsp3) is 0.211. The van der Waals surface area contributed by atoms with E-state index >= 15 is 0 Å². The van der Waals surface area contributed by atoms with Gasteiger partial charge in [-0.25, -0.2) is 15.0 Å². The van der Waals surface area contributed by atoms with Gasteiger partial charge in [0, 0.05) is 37.2 Å². The van der Waals surface area contributed by atoms with Crippen molar-refractivity contribution in [1.82, 2.24) is 25.0 Å². The van der Waals surface area contributed by atoms with Crippen LogP contribution in [-0.4, -0.2) is 49.6 Å². The molecule has 1 aliphatic rings. The summed E-state index contributed by atoms with van der Waals surface area (Å²) in [5.74, 6) is 0.103. The molecule has 29 heavy (non-hydrogen) atoms. The second-order valence-corrected chi connectivity index (χ2v) is 7.90. The zero-order valence-corrected chi connectivity index (χ0v) is 16.2. The largest absolute Gasteiger partial charge is 0.382 e. The predicted molar refractivity (Wildman–Crippen MR) is 107 cm³/mol. The van der Waals surface area contributed by atoms with Gasteiger partial charge in [0.25, 0.3) is 5.91 Å². The summed E-state index contributed by atoms with van der Waals surface area (Å²) in [6, 6.07) is 9.20. The molecule has 0 radical (unpaired) electrons. The first-order valence-electron chi connectivity index (χ1n) is 8.89. The number of carbonyl (C=O) groups excluding carboxylic acids is 1. The van der Waals surface area contributed by atoms with Crippen molar-refractivity contribution in [2.45, 2.75) is 12.0 Å². The molecule has 0 spiro atoms. The van der Waals surface area contributed by atoms with Crippen molar-refractivity contribution in [3.63, 3.8) is 0 Å². The van der Waals surface area contributed by atoms with Gasteiger partial charge in [0.05, 0.1) is 0 Å².